The van der Waals surface area contributed by atoms with Crippen molar-refractivity contribution in [2.45, 2.75) is 13.3 Å². The Bertz CT molecular complexity index is 1230. The summed E-state index contributed by atoms with van der Waals surface area (Å²) in [7, 11) is 1.57. The Morgan fingerprint density at radius 3 is 2.56 bits per heavy atom. The molecule has 3 aromatic carbocycles. The van der Waals surface area contributed by atoms with E-state index >= 15 is 0 Å². The van der Waals surface area contributed by atoms with E-state index in [0.717, 1.165) is 5.56 Å². The second-order valence-electron chi connectivity index (χ2n) is 7.19. The van der Waals surface area contributed by atoms with Gasteiger partial charge in [0.25, 0.3) is 0 Å². The van der Waals surface area contributed by atoms with E-state index in [-0.39, 0.29) is 34.3 Å². The number of hydrogen-bond donors (Lipinski definition) is 0. The molecule has 7 heteroatoms. The smallest absolute Gasteiger partial charge is 0.315 e. The van der Waals surface area contributed by atoms with Crippen LogP contribution in [0.4, 0.5) is 4.39 Å². The molecule has 0 saturated heterocycles. The quantitative estimate of drug-likeness (QED) is 0.288. The molecule has 0 atom stereocenters. The summed E-state index contributed by atoms with van der Waals surface area (Å²) >= 11 is 6.05. The Morgan fingerprint density at radius 1 is 1.12 bits per heavy atom. The van der Waals surface area contributed by atoms with Crippen LogP contribution in [-0.4, -0.2) is 18.9 Å². The van der Waals surface area contributed by atoms with Gasteiger partial charge in [-0.05, 0) is 54.5 Å². The van der Waals surface area contributed by atoms with E-state index in [2.05, 4.69) is 0 Å². The lowest BCUT2D eigenvalue weighted by molar-refractivity contribution is -0.133. The lowest BCUT2D eigenvalue weighted by atomic mass is 10.0. The number of rotatable bonds is 5. The summed E-state index contributed by atoms with van der Waals surface area (Å²) < 4.78 is 30.3. The van der Waals surface area contributed by atoms with Crippen molar-refractivity contribution in [2.75, 3.05) is 7.11 Å². The van der Waals surface area contributed by atoms with Gasteiger partial charge in [-0.2, -0.15) is 0 Å². The average Bonchev–Trinajstić information content (AvgIpc) is 3.07. The third-order valence-electron chi connectivity index (χ3n) is 4.96. The van der Waals surface area contributed by atoms with Crippen LogP contribution in [0.2, 0.25) is 5.02 Å². The van der Waals surface area contributed by atoms with Gasteiger partial charge in [-0.3, -0.25) is 9.59 Å². The molecule has 0 N–H and O–H groups in total. The van der Waals surface area contributed by atoms with Crippen molar-refractivity contribution < 1.29 is 28.2 Å². The minimum Gasteiger partial charge on any atom is -0.497 e. The molecule has 0 aliphatic carbocycles. The summed E-state index contributed by atoms with van der Waals surface area (Å²) in [5, 5.41) is 0.162. The number of Topliss-reactive ketones (excluding diaryl/α,β-unsaturated/α-hetero) is 1. The molecule has 4 rings (SSSR count). The normalized spacial score (nSPS) is 13.6. The number of halogens is 2. The average molecular weight is 453 g/mol. The first-order valence-electron chi connectivity index (χ1n) is 9.72. The fourth-order valence-corrected chi connectivity index (χ4v) is 3.61. The zero-order chi connectivity index (χ0) is 22.8. The van der Waals surface area contributed by atoms with Crippen LogP contribution in [0.1, 0.15) is 27.0 Å². The third-order valence-corrected chi connectivity index (χ3v) is 5.29. The fourth-order valence-electron chi connectivity index (χ4n) is 3.39. The maximum absolute atomic E-state index is 14.1. The Morgan fingerprint density at radius 2 is 1.88 bits per heavy atom. The van der Waals surface area contributed by atoms with E-state index in [0.29, 0.717) is 16.9 Å². The van der Waals surface area contributed by atoms with Crippen molar-refractivity contribution in [1.29, 1.82) is 0 Å². The molecule has 0 amide bonds. The van der Waals surface area contributed by atoms with E-state index in [1.807, 2.05) is 0 Å². The zero-order valence-electron chi connectivity index (χ0n) is 17.3. The summed E-state index contributed by atoms with van der Waals surface area (Å²) in [4.78, 5) is 25.2. The van der Waals surface area contributed by atoms with Gasteiger partial charge in [-0.25, -0.2) is 4.39 Å². The van der Waals surface area contributed by atoms with Gasteiger partial charge < -0.3 is 14.2 Å². The van der Waals surface area contributed by atoms with Gasteiger partial charge in [0.05, 0.1) is 24.1 Å². The largest absolute Gasteiger partial charge is 0.497 e. The summed E-state index contributed by atoms with van der Waals surface area (Å²) in [5.41, 5.74) is 1.74. The van der Waals surface area contributed by atoms with Crippen LogP contribution >= 0.6 is 11.6 Å². The van der Waals surface area contributed by atoms with Gasteiger partial charge >= 0.3 is 5.97 Å². The number of ketones is 1. The van der Waals surface area contributed by atoms with Gasteiger partial charge in [0.1, 0.15) is 23.1 Å². The molecule has 32 heavy (non-hydrogen) atoms. The number of carbonyl (C=O) groups is 2. The van der Waals surface area contributed by atoms with Crippen LogP contribution in [-0.2, 0) is 11.2 Å². The monoisotopic (exact) mass is 452 g/mol. The molecule has 3 aromatic rings. The van der Waals surface area contributed by atoms with Gasteiger partial charge in [0.2, 0.25) is 5.78 Å². The van der Waals surface area contributed by atoms with Crippen molar-refractivity contribution in [3.63, 3.8) is 0 Å². The SMILES string of the molecule is COc1ccc(CC(=O)Oc2cc(C)c3c(c2)O/C(=C\c2c(F)cccc2Cl)C3=O)cc1. The van der Waals surface area contributed by atoms with Gasteiger partial charge in [0, 0.05) is 11.6 Å². The molecular weight excluding hydrogens is 435 g/mol. The molecule has 0 radical (unpaired) electrons. The number of hydrogen-bond acceptors (Lipinski definition) is 5. The van der Waals surface area contributed by atoms with Crippen LogP contribution < -0.4 is 14.2 Å². The molecule has 0 bridgehead atoms. The first-order valence-corrected chi connectivity index (χ1v) is 10.1. The lowest BCUT2D eigenvalue weighted by Crippen LogP contribution is -2.11. The van der Waals surface area contributed by atoms with E-state index in [4.69, 9.17) is 25.8 Å². The molecule has 1 aliphatic heterocycles. The highest BCUT2D eigenvalue weighted by Gasteiger charge is 2.30. The molecule has 0 unspecified atom stereocenters. The zero-order valence-corrected chi connectivity index (χ0v) is 18.0. The maximum Gasteiger partial charge on any atom is 0.315 e. The van der Waals surface area contributed by atoms with Crippen molar-refractivity contribution >= 4 is 29.4 Å². The van der Waals surface area contributed by atoms with Gasteiger partial charge in [0.15, 0.2) is 5.76 Å². The second-order valence-corrected chi connectivity index (χ2v) is 7.59. The van der Waals surface area contributed by atoms with Crippen molar-refractivity contribution in [3.8, 4) is 17.2 Å². The second kappa shape index (κ2) is 8.85. The van der Waals surface area contributed by atoms with E-state index in [9.17, 15) is 14.0 Å². The number of aryl methyl sites for hydroxylation is 1. The number of benzene rings is 3. The number of ether oxygens (including phenoxy) is 3. The van der Waals surface area contributed by atoms with E-state index in [1.54, 1.807) is 44.4 Å². The van der Waals surface area contributed by atoms with Crippen LogP contribution in [0, 0.1) is 12.7 Å². The third kappa shape index (κ3) is 4.36. The molecule has 0 spiro atoms. The molecule has 0 saturated carbocycles. The number of allylic oxidation sites excluding steroid dienone is 1. The molecule has 162 valence electrons. The van der Waals surface area contributed by atoms with Crippen molar-refractivity contribution in [3.05, 3.63) is 93.5 Å². The molecule has 0 aromatic heterocycles. The molecule has 1 aliphatic rings. The number of carbonyl (C=O) groups excluding carboxylic acids is 2. The van der Waals surface area contributed by atoms with Gasteiger partial charge in [-0.15, -0.1) is 0 Å². The van der Waals surface area contributed by atoms with Crippen LogP contribution in [0.15, 0.2) is 60.4 Å². The Labute approximate surface area is 189 Å². The minimum atomic E-state index is -0.567. The standard InChI is InChI=1S/C25H18ClFO5/c1-14-10-17(31-23(28)11-15-6-8-16(30-2)9-7-15)12-21-24(14)25(29)22(32-21)13-18-19(26)4-3-5-20(18)27/h3-10,12-13H,11H2,1-2H3/b22-13-. The van der Waals surface area contributed by atoms with Crippen LogP contribution in [0.5, 0.6) is 17.2 Å². The summed E-state index contributed by atoms with van der Waals surface area (Å²) in [6.45, 7) is 1.71. The fraction of sp³-hybridized carbons (Fsp3) is 0.120. The highest BCUT2D eigenvalue weighted by Crippen LogP contribution is 2.38. The molecule has 5 nitrogen and oxygen atoms in total. The van der Waals surface area contributed by atoms with Crippen LogP contribution in [0.3, 0.4) is 0 Å². The first kappa shape index (κ1) is 21.6. The number of esters is 1. The lowest BCUT2D eigenvalue weighted by Gasteiger charge is -2.08. The highest BCUT2D eigenvalue weighted by molar-refractivity contribution is 6.32. The van der Waals surface area contributed by atoms with E-state index in [1.165, 1.54) is 30.3 Å². The predicted molar refractivity (Wildman–Crippen MR) is 118 cm³/mol. The molecule has 1 heterocycles. The van der Waals surface area contributed by atoms with Crippen molar-refractivity contribution in [1.82, 2.24) is 0 Å². The minimum absolute atomic E-state index is 0.0585. The van der Waals surface area contributed by atoms with Crippen molar-refractivity contribution in [2.24, 2.45) is 0 Å². The Kier molecular flexibility index (Phi) is 5.97. The molecular formula is C25H18ClFO5. The highest BCUT2D eigenvalue weighted by atomic mass is 35.5. The number of methoxy groups -OCH3 is 1. The summed E-state index contributed by atoms with van der Waals surface area (Å²) in [6.07, 6.45) is 1.34. The molecule has 0 fully saturated rings. The topological polar surface area (TPSA) is 61.8 Å². The Balaban J connectivity index is 1.54. The van der Waals surface area contributed by atoms with Gasteiger partial charge in [-0.1, -0.05) is 29.8 Å². The summed E-state index contributed by atoms with van der Waals surface area (Å²) in [5.74, 6) is -0.308. The number of fused-ring (bicyclic) bond motifs is 1. The van der Waals surface area contributed by atoms with E-state index < -0.39 is 17.6 Å². The summed E-state index contributed by atoms with van der Waals surface area (Å²) in [6, 6.07) is 14.4. The predicted octanol–water partition coefficient (Wildman–Crippen LogP) is 5.56. The maximum atomic E-state index is 14.1. The Hall–Kier alpha value is -3.64. The van der Waals surface area contributed by atoms with Crippen LogP contribution in [0.25, 0.3) is 6.08 Å². The first-order chi connectivity index (χ1) is 15.4.